The summed E-state index contributed by atoms with van der Waals surface area (Å²) in [7, 11) is 0. The number of hydrogen-bond donors (Lipinski definition) is 1. The first kappa shape index (κ1) is 20.5. The zero-order chi connectivity index (χ0) is 20.5. The van der Waals surface area contributed by atoms with E-state index in [1.54, 1.807) is 52.8 Å². The van der Waals surface area contributed by atoms with Gasteiger partial charge in [-0.25, -0.2) is 9.78 Å². The van der Waals surface area contributed by atoms with Gasteiger partial charge in [0.25, 0.3) is 5.22 Å². The van der Waals surface area contributed by atoms with Crippen molar-refractivity contribution in [2.75, 3.05) is 0 Å². The summed E-state index contributed by atoms with van der Waals surface area (Å²) >= 11 is 7.28. The van der Waals surface area contributed by atoms with Gasteiger partial charge in [0.05, 0.1) is 5.75 Å². The molecule has 0 aliphatic heterocycles. The number of ether oxygens (including phenoxy) is 1. The van der Waals surface area contributed by atoms with E-state index in [1.807, 2.05) is 0 Å². The molecule has 2 heterocycles. The molecule has 1 amide bonds. The van der Waals surface area contributed by atoms with E-state index in [2.05, 4.69) is 20.4 Å². The Hall–Kier alpha value is -2.26. The summed E-state index contributed by atoms with van der Waals surface area (Å²) in [5.41, 5.74) is -0.115. The SMILES string of the molecule is CC(C)(C)OC(=O)NC(C)(C)c1noc(CSc2nc3cc(Cl)ccc3o2)n1. The molecule has 28 heavy (non-hydrogen) atoms. The predicted molar refractivity (Wildman–Crippen MR) is 105 cm³/mol. The van der Waals surface area contributed by atoms with Gasteiger partial charge in [-0.05, 0) is 52.8 Å². The summed E-state index contributed by atoms with van der Waals surface area (Å²) in [6.45, 7) is 8.92. The molecular formula is C18H21ClN4O4S. The number of carbonyl (C=O) groups excluding carboxylic acids is 1. The summed E-state index contributed by atoms with van der Waals surface area (Å²) in [6, 6.07) is 5.25. The van der Waals surface area contributed by atoms with Crippen molar-refractivity contribution in [2.24, 2.45) is 0 Å². The lowest BCUT2D eigenvalue weighted by Crippen LogP contribution is -2.44. The van der Waals surface area contributed by atoms with E-state index in [9.17, 15) is 4.79 Å². The summed E-state index contributed by atoms with van der Waals surface area (Å²) in [4.78, 5) is 20.7. The van der Waals surface area contributed by atoms with E-state index >= 15 is 0 Å². The van der Waals surface area contributed by atoms with E-state index in [-0.39, 0.29) is 0 Å². The van der Waals surface area contributed by atoms with Crippen LogP contribution in [0.15, 0.2) is 32.4 Å². The number of oxazole rings is 1. The fraction of sp³-hybridized carbons (Fsp3) is 0.444. The summed E-state index contributed by atoms with van der Waals surface area (Å²) in [5, 5.41) is 7.78. The Morgan fingerprint density at radius 1 is 1.25 bits per heavy atom. The Morgan fingerprint density at radius 2 is 2.00 bits per heavy atom. The van der Waals surface area contributed by atoms with Crippen LogP contribution in [0.4, 0.5) is 4.79 Å². The van der Waals surface area contributed by atoms with Crippen molar-refractivity contribution in [1.82, 2.24) is 20.4 Å². The minimum atomic E-state index is -0.858. The molecule has 2 aromatic heterocycles. The molecule has 0 bridgehead atoms. The van der Waals surface area contributed by atoms with Crippen LogP contribution in [0.25, 0.3) is 11.1 Å². The number of alkyl carbamates (subject to hydrolysis) is 1. The van der Waals surface area contributed by atoms with Gasteiger partial charge in [0.2, 0.25) is 5.89 Å². The number of benzene rings is 1. The minimum absolute atomic E-state index is 0.346. The third-order valence-electron chi connectivity index (χ3n) is 3.49. The van der Waals surface area contributed by atoms with Crippen LogP contribution in [-0.4, -0.2) is 26.8 Å². The molecule has 10 heteroatoms. The van der Waals surface area contributed by atoms with Gasteiger partial charge in [0.1, 0.15) is 16.7 Å². The Morgan fingerprint density at radius 3 is 2.71 bits per heavy atom. The number of fused-ring (bicyclic) bond motifs is 1. The summed E-state index contributed by atoms with van der Waals surface area (Å²) in [6.07, 6.45) is -0.552. The Kier molecular flexibility index (Phi) is 5.58. The molecule has 1 aromatic carbocycles. The molecule has 0 aliphatic rings. The highest BCUT2D eigenvalue weighted by Gasteiger charge is 2.31. The molecule has 0 fully saturated rings. The molecule has 0 saturated carbocycles. The molecular weight excluding hydrogens is 404 g/mol. The van der Waals surface area contributed by atoms with Crippen molar-refractivity contribution in [2.45, 2.75) is 56.7 Å². The molecule has 3 rings (SSSR count). The third kappa shape index (κ3) is 5.17. The standard InChI is InChI=1S/C18H21ClN4O4S/c1-17(2,3)26-15(24)22-18(4,5)14-21-13(27-23-14)9-28-16-20-11-8-10(19)6-7-12(11)25-16/h6-8H,9H2,1-5H3,(H,22,24). The van der Waals surface area contributed by atoms with Crippen molar-refractivity contribution < 1.29 is 18.5 Å². The van der Waals surface area contributed by atoms with Gasteiger partial charge in [-0.15, -0.1) is 0 Å². The highest BCUT2D eigenvalue weighted by atomic mass is 35.5. The number of amides is 1. The zero-order valence-corrected chi connectivity index (χ0v) is 17.8. The van der Waals surface area contributed by atoms with Crippen LogP contribution in [0.1, 0.15) is 46.3 Å². The lowest BCUT2D eigenvalue weighted by Gasteiger charge is -2.26. The largest absolute Gasteiger partial charge is 0.444 e. The first-order valence-electron chi connectivity index (χ1n) is 8.55. The fourth-order valence-corrected chi connectivity index (χ4v) is 3.09. The summed E-state index contributed by atoms with van der Waals surface area (Å²) in [5.74, 6) is 1.11. The third-order valence-corrected chi connectivity index (χ3v) is 4.54. The van der Waals surface area contributed by atoms with E-state index in [0.717, 1.165) is 0 Å². The molecule has 0 unspecified atom stereocenters. The molecule has 1 N–H and O–H groups in total. The maximum atomic E-state index is 12.0. The minimum Gasteiger partial charge on any atom is -0.444 e. The topological polar surface area (TPSA) is 103 Å². The van der Waals surface area contributed by atoms with Gasteiger partial charge in [-0.2, -0.15) is 4.98 Å². The number of hydrogen-bond acceptors (Lipinski definition) is 8. The highest BCUT2D eigenvalue weighted by molar-refractivity contribution is 7.98. The van der Waals surface area contributed by atoms with Gasteiger partial charge >= 0.3 is 6.09 Å². The van der Waals surface area contributed by atoms with Crippen molar-refractivity contribution in [3.8, 4) is 0 Å². The molecule has 3 aromatic rings. The molecule has 150 valence electrons. The van der Waals surface area contributed by atoms with Gasteiger partial charge in [-0.1, -0.05) is 28.5 Å². The van der Waals surface area contributed by atoms with Gasteiger partial charge in [0.15, 0.2) is 11.4 Å². The Labute approximate surface area is 171 Å². The number of carbonyl (C=O) groups is 1. The maximum absolute atomic E-state index is 12.0. The Balaban J connectivity index is 1.63. The Bertz CT molecular complexity index is 993. The molecule has 0 radical (unpaired) electrons. The van der Waals surface area contributed by atoms with E-state index in [4.69, 9.17) is 25.3 Å². The van der Waals surface area contributed by atoms with E-state index in [1.165, 1.54) is 11.8 Å². The molecule has 8 nitrogen and oxygen atoms in total. The average Bonchev–Trinajstić information content (AvgIpc) is 3.16. The van der Waals surface area contributed by atoms with Crippen LogP contribution in [-0.2, 0) is 16.0 Å². The average molecular weight is 425 g/mol. The highest BCUT2D eigenvalue weighted by Crippen LogP contribution is 2.28. The number of nitrogens with one attached hydrogen (secondary N) is 1. The van der Waals surface area contributed by atoms with E-state index < -0.39 is 17.2 Å². The van der Waals surface area contributed by atoms with Crippen LogP contribution in [0.3, 0.4) is 0 Å². The number of halogens is 1. The fourth-order valence-electron chi connectivity index (χ4n) is 2.25. The number of aromatic nitrogens is 3. The van der Waals surface area contributed by atoms with E-state index in [0.29, 0.717) is 38.8 Å². The van der Waals surface area contributed by atoms with Crippen LogP contribution < -0.4 is 5.32 Å². The second kappa shape index (κ2) is 7.63. The van der Waals surface area contributed by atoms with Gasteiger partial charge in [0, 0.05) is 5.02 Å². The number of rotatable bonds is 5. The zero-order valence-electron chi connectivity index (χ0n) is 16.2. The smallest absolute Gasteiger partial charge is 0.408 e. The number of nitrogens with zero attached hydrogens (tertiary/aromatic N) is 3. The second-order valence-electron chi connectivity index (χ2n) is 7.64. The van der Waals surface area contributed by atoms with Crippen LogP contribution >= 0.6 is 23.4 Å². The molecule has 0 saturated heterocycles. The van der Waals surface area contributed by atoms with Crippen LogP contribution in [0, 0.1) is 0 Å². The maximum Gasteiger partial charge on any atom is 0.408 e. The predicted octanol–water partition coefficient (Wildman–Crippen LogP) is 4.92. The second-order valence-corrected chi connectivity index (χ2v) is 9.01. The van der Waals surface area contributed by atoms with Crippen molar-refractivity contribution >= 4 is 40.6 Å². The number of thioether (sulfide) groups is 1. The van der Waals surface area contributed by atoms with Crippen molar-refractivity contribution in [1.29, 1.82) is 0 Å². The van der Waals surface area contributed by atoms with Gasteiger partial charge < -0.3 is 19.0 Å². The van der Waals surface area contributed by atoms with Gasteiger partial charge in [-0.3, -0.25) is 0 Å². The monoisotopic (exact) mass is 424 g/mol. The molecule has 0 spiro atoms. The summed E-state index contributed by atoms with van der Waals surface area (Å²) < 4.78 is 16.2. The normalized spacial score (nSPS) is 12.4. The molecule has 0 aliphatic carbocycles. The van der Waals surface area contributed by atoms with Crippen molar-refractivity contribution in [3.63, 3.8) is 0 Å². The first-order chi connectivity index (χ1) is 13.0. The van der Waals surface area contributed by atoms with Crippen LogP contribution in [0.5, 0.6) is 0 Å². The van der Waals surface area contributed by atoms with Crippen LogP contribution in [0.2, 0.25) is 5.02 Å². The molecule has 0 atom stereocenters. The quantitative estimate of drug-likeness (QED) is 0.576. The first-order valence-corrected chi connectivity index (χ1v) is 9.91. The van der Waals surface area contributed by atoms with Crippen molar-refractivity contribution in [3.05, 3.63) is 34.9 Å². The lowest BCUT2D eigenvalue weighted by molar-refractivity contribution is 0.0465. The lowest BCUT2D eigenvalue weighted by atomic mass is 10.1.